The lowest BCUT2D eigenvalue weighted by Gasteiger charge is -2.30. The predicted molar refractivity (Wildman–Crippen MR) is 73.7 cm³/mol. The quantitative estimate of drug-likeness (QED) is 0.720. The van der Waals surface area contributed by atoms with Crippen molar-refractivity contribution in [2.24, 2.45) is 5.41 Å². The van der Waals surface area contributed by atoms with Gasteiger partial charge in [-0.3, -0.25) is 0 Å². The molecule has 1 aromatic carbocycles. The fourth-order valence-electron chi connectivity index (χ4n) is 1.89. The van der Waals surface area contributed by atoms with E-state index in [0.717, 1.165) is 22.8 Å². The van der Waals surface area contributed by atoms with E-state index in [9.17, 15) is 0 Å². The van der Waals surface area contributed by atoms with E-state index in [0.29, 0.717) is 5.88 Å². The van der Waals surface area contributed by atoms with Crippen LogP contribution in [0.15, 0.2) is 18.2 Å². The number of benzene rings is 1. The second kappa shape index (κ2) is 5.29. The first-order chi connectivity index (χ1) is 7.35. The highest BCUT2D eigenvalue weighted by Crippen LogP contribution is 2.32. The third kappa shape index (κ3) is 3.57. The molecule has 0 radical (unpaired) electrons. The topological polar surface area (TPSA) is 3.24 Å². The molecule has 1 nitrogen and oxygen atoms in total. The molecule has 16 heavy (non-hydrogen) atoms. The van der Waals surface area contributed by atoms with Gasteiger partial charge in [-0.1, -0.05) is 44.5 Å². The Labute approximate surface area is 108 Å². The smallest absolute Gasteiger partial charge is 0.0642 e. The van der Waals surface area contributed by atoms with Crippen LogP contribution in [0.2, 0.25) is 5.02 Å². The van der Waals surface area contributed by atoms with E-state index in [4.69, 9.17) is 23.2 Å². The van der Waals surface area contributed by atoms with Crippen molar-refractivity contribution in [3.05, 3.63) is 28.8 Å². The van der Waals surface area contributed by atoms with Crippen LogP contribution >= 0.6 is 23.2 Å². The van der Waals surface area contributed by atoms with Crippen LogP contribution in [0.1, 0.15) is 26.3 Å². The molecule has 0 amide bonds. The zero-order valence-electron chi connectivity index (χ0n) is 10.3. The normalized spacial score (nSPS) is 11.6. The van der Waals surface area contributed by atoms with Crippen LogP contribution in [0, 0.1) is 5.41 Å². The molecule has 0 spiro atoms. The molecular formula is C13H19Cl2N. The molecule has 3 heteroatoms. The van der Waals surface area contributed by atoms with Gasteiger partial charge in [-0.25, -0.2) is 0 Å². The number of rotatable bonds is 3. The molecule has 0 aliphatic rings. The highest BCUT2D eigenvalue weighted by molar-refractivity contribution is 6.33. The lowest BCUT2D eigenvalue weighted by atomic mass is 9.96. The van der Waals surface area contributed by atoms with Crippen LogP contribution in [0.25, 0.3) is 0 Å². The zero-order valence-corrected chi connectivity index (χ0v) is 11.9. The van der Waals surface area contributed by atoms with Gasteiger partial charge in [-0.15, -0.1) is 11.6 Å². The summed E-state index contributed by atoms with van der Waals surface area (Å²) < 4.78 is 0. The number of halogens is 2. The lowest BCUT2D eigenvalue weighted by Crippen LogP contribution is -2.29. The van der Waals surface area contributed by atoms with Crippen molar-refractivity contribution in [2.75, 3.05) is 18.5 Å². The molecule has 90 valence electrons. The van der Waals surface area contributed by atoms with E-state index < -0.39 is 0 Å². The van der Waals surface area contributed by atoms with Gasteiger partial charge in [0.1, 0.15) is 0 Å². The van der Waals surface area contributed by atoms with Crippen LogP contribution in [0.5, 0.6) is 0 Å². The maximum Gasteiger partial charge on any atom is 0.0642 e. The summed E-state index contributed by atoms with van der Waals surface area (Å²) in [5.41, 5.74) is 2.37. The molecule has 0 bridgehead atoms. The van der Waals surface area contributed by atoms with Crippen molar-refractivity contribution in [1.29, 1.82) is 0 Å². The summed E-state index contributed by atoms with van der Waals surface area (Å²) >= 11 is 12.2. The molecule has 1 aromatic rings. The average Bonchev–Trinajstić information content (AvgIpc) is 2.14. The summed E-state index contributed by atoms with van der Waals surface area (Å²) in [6.45, 7) is 7.57. The largest absolute Gasteiger partial charge is 0.373 e. The van der Waals surface area contributed by atoms with E-state index in [-0.39, 0.29) is 5.41 Å². The van der Waals surface area contributed by atoms with E-state index in [2.05, 4.69) is 32.7 Å². The molecule has 0 aliphatic heterocycles. The number of hydrogen-bond donors (Lipinski definition) is 0. The van der Waals surface area contributed by atoms with Gasteiger partial charge in [-0.05, 0) is 17.0 Å². The first-order valence-corrected chi connectivity index (χ1v) is 6.31. The van der Waals surface area contributed by atoms with Crippen LogP contribution in [0.3, 0.4) is 0 Å². The van der Waals surface area contributed by atoms with E-state index in [1.165, 1.54) is 0 Å². The van der Waals surface area contributed by atoms with Crippen LogP contribution < -0.4 is 4.90 Å². The summed E-state index contributed by atoms with van der Waals surface area (Å²) in [5, 5.41) is 0.768. The van der Waals surface area contributed by atoms with Crippen molar-refractivity contribution >= 4 is 28.9 Å². The molecule has 0 saturated carbocycles. The molecule has 0 N–H and O–H groups in total. The van der Waals surface area contributed by atoms with E-state index in [1.54, 1.807) is 0 Å². The van der Waals surface area contributed by atoms with E-state index >= 15 is 0 Å². The molecule has 0 saturated heterocycles. The average molecular weight is 260 g/mol. The highest BCUT2D eigenvalue weighted by atomic mass is 35.5. The van der Waals surface area contributed by atoms with Crippen molar-refractivity contribution in [3.63, 3.8) is 0 Å². The fraction of sp³-hybridized carbons (Fsp3) is 0.538. The third-order valence-electron chi connectivity index (χ3n) is 2.31. The van der Waals surface area contributed by atoms with Crippen molar-refractivity contribution in [3.8, 4) is 0 Å². The maximum atomic E-state index is 6.23. The molecule has 0 aromatic heterocycles. The van der Waals surface area contributed by atoms with Crippen LogP contribution in [-0.2, 0) is 5.88 Å². The Balaban J connectivity index is 3.02. The first kappa shape index (κ1) is 13.7. The Morgan fingerprint density at radius 3 is 2.38 bits per heavy atom. The molecule has 0 fully saturated rings. The zero-order chi connectivity index (χ0) is 12.3. The number of hydrogen-bond acceptors (Lipinski definition) is 1. The summed E-state index contributed by atoms with van der Waals surface area (Å²) in [7, 11) is 2.06. The van der Waals surface area contributed by atoms with Crippen LogP contribution in [0.4, 0.5) is 5.69 Å². The van der Waals surface area contributed by atoms with Crippen molar-refractivity contribution in [1.82, 2.24) is 0 Å². The minimum Gasteiger partial charge on any atom is -0.373 e. The maximum absolute atomic E-state index is 6.23. The molecule has 0 aliphatic carbocycles. The summed E-state index contributed by atoms with van der Waals surface area (Å²) in [4.78, 5) is 2.18. The standard InChI is InChI=1S/C13H19Cl2N/c1-13(2,3)9-16(4)12-10(8-14)6-5-7-11(12)15/h5-7H,8-9H2,1-4H3. The van der Waals surface area contributed by atoms with E-state index in [1.807, 2.05) is 18.2 Å². The number of nitrogens with zero attached hydrogens (tertiary/aromatic N) is 1. The highest BCUT2D eigenvalue weighted by Gasteiger charge is 2.17. The second-order valence-corrected chi connectivity index (χ2v) is 5.97. The summed E-state index contributed by atoms with van der Waals surface area (Å²) in [6, 6.07) is 5.87. The van der Waals surface area contributed by atoms with Gasteiger partial charge in [-0.2, -0.15) is 0 Å². The number of anilines is 1. The van der Waals surface area contributed by atoms with Crippen LogP contribution in [-0.4, -0.2) is 13.6 Å². The molecule has 0 heterocycles. The van der Waals surface area contributed by atoms with Gasteiger partial charge >= 0.3 is 0 Å². The molecule has 0 unspecified atom stereocenters. The Morgan fingerprint density at radius 1 is 1.25 bits per heavy atom. The fourth-order valence-corrected chi connectivity index (χ4v) is 2.44. The summed E-state index contributed by atoms with van der Waals surface area (Å²) in [5.74, 6) is 0.490. The Bertz CT molecular complexity index is 355. The molecule has 0 atom stereocenters. The molecule has 1 rings (SSSR count). The second-order valence-electron chi connectivity index (χ2n) is 5.30. The number of para-hydroxylation sites is 1. The van der Waals surface area contributed by atoms with Gasteiger partial charge in [0.25, 0.3) is 0 Å². The van der Waals surface area contributed by atoms with Crippen molar-refractivity contribution < 1.29 is 0 Å². The lowest BCUT2D eigenvalue weighted by molar-refractivity contribution is 0.419. The van der Waals surface area contributed by atoms with Crippen molar-refractivity contribution in [2.45, 2.75) is 26.7 Å². The van der Waals surface area contributed by atoms with Gasteiger partial charge < -0.3 is 4.90 Å². The number of alkyl halides is 1. The van der Waals surface area contributed by atoms with Gasteiger partial charge in [0.2, 0.25) is 0 Å². The third-order valence-corrected chi connectivity index (χ3v) is 2.90. The monoisotopic (exact) mass is 259 g/mol. The van der Waals surface area contributed by atoms with Gasteiger partial charge in [0, 0.05) is 19.5 Å². The first-order valence-electron chi connectivity index (χ1n) is 5.39. The Kier molecular flexibility index (Phi) is 4.52. The minimum atomic E-state index is 0.234. The Hall–Kier alpha value is -0.400. The van der Waals surface area contributed by atoms with Gasteiger partial charge in [0.05, 0.1) is 10.7 Å². The minimum absolute atomic E-state index is 0.234. The van der Waals surface area contributed by atoms with Gasteiger partial charge in [0.15, 0.2) is 0 Å². The summed E-state index contributed by atoms with van der Waals surface area (Å²) in [6.07, 6.45) is 0. The predicted octanol–water partition coefficient (Wildman–Crippen LogP) is 4.56. The molecular weight excluding hydrogens is 241 g/mol. The Morgan fingerprint density at radius 2 is 1.88 bits per heavy atom. The SMILES string of the molecule is CN(CC(C)(C)C)c1c(Cl)cccc1CCl.